The van der Waals surface area contributed by atoms with Crippen LogP contribution < -0.4 is 5.32 Å². The maximum atomic E-state index is 12.3. The van der Waals surface area contributed by atoms with Gasteiger partial charge >= 0.3 is 6.03 Å². The number of hydrogen-bond acceptors (Lipinski definition) is 4. The van der Waals surface area contributed by atoms with Crippen LogP contribution in [-0.2, 0) is 0 Å². The van der Waals surface area contributed by atoms with Gasteiger partial charge in [-0.05, 0) is 37.9 Å². The summed E-state index contributed by atoms with van der Waals surface area (Å²) in [6.07, 6.45) is 9.21. The molecule has 0 spiro atoms. The summed E-state index contributed by atoms with van der Waals surface area (Å²) in [4.78, 5) is 22.9. The van der Waals surface area contributed by atoms with Crippen LogP contribution in [0, 0.1) is 0 Å². The van der Waals surface area contributed by atoms with Gasteiger partial charge in [0.2, 0.25) is 0 Å². The summed E-state index contributed by atoms with van der Waals surface area (Å²) in [7, 11) is 1.89. The van der Waals surface area contributed by atoms with Crippen molar-refractivity contribution >= 4 is 23.5 Å². The van der Waals surface area contributed by atoms with Crippen molar-refractivity contribution in [1.82, 2.24) is 14.9 Å². The van der Waals surface area contributed by atoms with E-state index in [2.05, 4.69) is 22.2 Å². The molecular formula is C16H24N4OS. The molecule has 0 saturated heterocycles. The van der Waals surface area contributed by atoms with Gasteiger partial charge in [-0.25, -0.2) is 14.8 Å². The number of amides is 2. The highest BCUT2D eigenvalue weighted by Gasteiger charge is 2.30. The molecule has 6 heteroatoms. The zero-order valence-electron chi connectivity index (χ0n) is 13.3. The van der Waals surface area contributed by atoms with E-state index in [4.69, 9.17) is 0 Å². The Balaban J connectivity index is 1.52. The second-order valence-electron chi connectivity index (χ2n) is 6.19. The highest BCUT2D eigenvalue weighted by Crippen LogP contribution is 2.37. The first-order valence-electron chi connectivity index (χ1n) is 8.14. The lowest BCUT2D eigenvalue weighted by Crippen LogP contribution is -2.38. The Morgan fingerprint density at radius 3 is 2.68 bits per heavy atom. The van der Waals surface area contributed by atoms with Gasteiger partial charge in [-0.15, -0.1) is 0 Å². The van der Waals surface area contributed by atoms with Gasteiger partial charge in [0.1, 0.15) is 5.82 Å². The maximum absolute atomic E-state index is 12.3. The van der Waals surface area contributed by atoms with E-state index in [9.17, 15) is 4.79 Å². The van der Waals surface area contributed by atoms with E-state index in [1.54, 1.807) is 12.4 Å². The zero-order chi connectivity index (χ0) is 15.5. The number of aromatic nitrogens is 2. The second-order valence-corrected chi connectivity index (χ2v) is 7.77. The fraction of sp³-hybridized carbons (Fsp3) is 0.688. The van der Waals surface area contributed by atoms with Crippen LogP contribution in [0.1, 0.15) is 50.8 Å². The molecule has 3 rings (SSSR count). The summed E-state index contributed by atoms with van der Waals surface area (Å²) >= 11 is 2.01. The smallest absolute Gasteiger partial charge is 0.321 e. The van der Waals surface area contributed by atoms with Crippen molar-refractivity contribution in [2.75, 3.05) is 18.1 Å². The minimum absolute atomic E-state index is 0.0603. The third-order valence-corrected chi connectivity index (χ3v) is 5.73. The van der Waals surface area contributed by atoms with E-state index in [0.717, 1.165) is 24.4 Å². The predicted octanol–water partition coefficient (Wildman–Crippen LogP) is 3.49. The van der Waals surface area contributed by atoms with Gasteiger partial charge in [0.05, 0.1) is 18.1 Å². The molecule has 0 unspecified atom stereocenters. The van der Waals surface area contributed by atoms with Crippen molar-refractivity contribution in [3.8, 4) is 0 Å². The third-order valence-electron chi connectivity index (χ3n) is 4.49. The molecule has 0 aromatic carbocycles. The molecule has 120 valence electrons. The second kappa shape index (κ2) is 6.86. The van der Waals surface area contributed by atoms with Gasteiger partial charge in [0.25, 0.3) is 0 Å². The Morgan fingerprint density at radius 1 is 1.32 bits per heavy atom. The molecule has 0 aliphatic heterocycles. The Labute approximate surface area is 136 Å². The molecule has 22 heavy (non-hydrogen) atoms. The summed E-state index contributed by atoms with van der Waals surface area (Å²) in [5.74, 6) is 2.60. The van der Waals surface area contributed by atoms with Gasteiger partial charge in [0, 0.05) is 24.3 Å². The van der Waals surface area contributed by atoms with E-state index in [0.29, 0.717) is 22.9 Å². The van der Waals surface area contributed by atoms with Crippen molar-refractivity contribution in [2.45, 2.75) is 56.2 Å². The monoisotopic (exact) mass is 320 g/mol. The highest BCUT2D eigenvalue weighted by atomic mass is 32.2. The first-order chi connectivity index (χ1) is 10.7. The lowest BCUT2D eigenvalue weighted by atomic mass is 10.2. The van der Waals surface area contributed by atoms with Gasteiger partial charge in [-0.2, -0.15) is 11.8 Å². The maximum Gasteiger partial charge on any atom is 0.321 e. The van der Waals surface area contributed by atoms with Gasteiger partial charge in [0.15, 0.2) is 0 Å². The SMILES string of the molecule is CCS[C@H]1CC[C@@H](N(C)C(=O)Nc2cnc(C3CC3)nc2)C1. The molecule has 1 N–H and O–H groups in total. The molecule has 1 aromatic heterocycles. The summed E-state index contributed by atoms with van der Waals surface area (Å²) in [6.45, 7) is 2.19. The van der Waals surface area contributed by atoms with Crippen LogP contribution in [0.4, 0.5) is 10.5 Å². The van der Waals surface area contributed by atoms with Crippen molar-refractivity contribution < 1.29 is 4.79 Å². The van der Waals surface area contributed by atoms with Crippen molar-refractivity contribution in [3.05, 3.63) is 18.2 Å². The number of rotatable bonds is 5. The van der Waals surface area contributed by atoms with Crippen LogP contribution in [0.2, 0.25) is 0 Å². The number of anilines is 1. The topological polar surface area (TPSA) is 58.1 Å². The third kappa shape index (κ3) is 3.72. The molecule has 2 amide bonds. The molecule has 2 fully saturated rings. The average molecular weight is 320 g/mol. The fourth-order valence-electron chi connectivity index (χ4n) is 2.99. The standard InChI is InChI=1S/C16H24N4OS/c1-3-22-14-7-6-13(8-14)20(2)16(21)19-12-9-17-15(18-10-12)11-4-5-11/h9-11,13-14H,3-8H2,1-2H3,(H,19,21)/t13-,14+/m1/s1. The molecule has 5 nitrogen and oxygen atoms in total. The van der Waals surface area contributed by atoms with E-state index in [1.807, 2.05) is 23.7 Å². The Morgan fingerprint density at radius 2 is 2.05 bits per heavy atom. The predicted molar refractivity (Wildman–Crippen MR) is 90.3 cm³/mol. The normalized spacial score (nSPS) is 24.3. The number of thioether (sulfide) groups is 1. The molecule has 2 aliphatic rings. The number of carbonyl (C=O) groups is 1. The van der Waals surface area contributed by atoms with Crippen LogP contribution >= 0.6 is 11.8 Å². The van der Waals surface area contributed by atoms with E-state index < -0.39 is 0 Å². The number of nitrogens with zero attached hydrogens (tertiary/aromatic N) is 3. The minimum Gasteiger partial charge on any atom is -0.325 e. The highest BCUT2D eigenvalue weighted by molar-refractivity contribution is 7.99. The molecule has 0 bridgehead atoms. The molecule has 1 aromatic rings. The van der Waals surface area contributed by atoms with Crippen LogP contribution in [0.25, 0.3) is 0 Å². The number of hydrogen-bond donors (Lipinski definition) is 1. The van der Waals surface area contributed by atoms with Gasteiger partial charge < -0.3 is 10.2 Å². The number of urea groups is 1. The van der Waals surface area contributed by atoms with Gasteiger partial charge in [-0.3, -0.25) is 0 Å². The number of nitrogens with one attached hydrogen (secondary N) is 1. The molecule has 2 atom stereocenters. The van der Waals surface area contributed by atoms with Crippen molar-refractivity contribution in [2.24, 2.45) is 0 Å². The Hall–Kier alpha value is -1.30. The zero-order valence-corrected chi connectivity index (χ0v) is 14.1. The van der Waals surface area contributed by atoms with Crippen LogP contribution in [-0.4, -0.2) is 45.0 Å². The summed E-state index contributed by atoms with van der Waals surface area (Å²) in [6, 6.07) is 0.283. The molecular weight excluding hydrogens is 296 g/mol. The lowest BCUT2D eigenvalue weighted by Gasteiger charge is -2.24. The molecule has 1 heterocycles. The fourth-order valence-corrected chi connectivity index (χ4v) is 4.12. The molecule has 0 radical (unpaired) electrons. The number of carbonyl (C=O) groups excluding carboxylic acids is 1. The van der Waals surface area contributed by atoms with Crippen LogP contribution in [0.15, 0.2) is 12.4 Å². The Bertz CT molecular complexity index is 517. The van der Waals surface area contributed by atoms with E-state index in [1.165, 1.54) is 19.3 Å². The molecule has 2 aliphatic carbocycles. The molecule has 2 saturated carbocycles. The van der Waals surface area contributed by atoms with E-state index >= 15 is 0 Å². The quantitative estimate of drug-likeness (QED) is 0.902. The summed E-state index contributed by atoms with van der Waals surface area (Å²) in [5, 5.41) is 3.61. The van der Waals surface area contributed by atoms with Crippen molar-refractivity contribution in [3.63, 3.8) is 0 Å². The van der Waals surface area contributed by atoms with Crippen LogP contribution in [0.3, 0.4) is 0 Å². The van der Waals surface area contributed by atoms with Crippen LogP contribution in [0.5, 0.6) is 0 Å². The summed E-state index contributed by atoms with van der Waals surface area (Å²) < 4.78 is 0. The van der Waals surface area contributed by atoms with E-state index in [-0.39, 0.29) is 6.03 Å². The first kappa shape index (κ1) is 15.6. The largest absolute Gasteiger partial charge is 0.325 e. The lowest BCUT2D eigenvalue weighted by molar-refractivity contribution is 0.205. The Kier molecular flexibility index (Phi) is 4.86. The first-order valence-corrected chi connectivity index (χ1v) is 9.19. The summed E-state index contributed by atoms with van der Waals surface area (Å²) in [5.41, 5.74) is 0.679. The minimum atomic E-state index is -0.0603. The average Bonchev–Trinajstić information content (AvgIpc) is 3.27. The van der Waals surface area contributed by atoms with Crippen molar-refractivity contribution in [1.29, 1.82) is 0 Å². The van der Waals surface area contributed by atoms with Gasteiger partial charge in [-0.1, -0.05) is 6.92 Å².